The van der Waals surface area contributed by atoms with E-state index < -0.39 is 6.61 Å². The summed E-state index contributed by atoms with van der Waals surface area (Å²) in [6.45, 7) is 3.34. The highest BCUT2D eigenvalue weighted by Crippen LogP contribution is 2.27. The van der Waals surface area contributed by atoms with Gasteiger partial charge in [-0.1, -0.05) is 42.5 Å². The number of ketones is 1. The molecule has 1 fully saturated rings. The van der Waals surface area contributed by atoms with Gasteiger partial charge in [-0.3, -0.25) is 9.69 Å². The van der Waals surface area contributed by atoms with E-state index in [-0.39, 0.29) is 11.8 Å². The lowest BCUT2D eigenvalue weighted by Crippen LogP contribution is -2.48. The minimum atomic E-state index is -0.519. The first-order valence-electron chi connectivity index (χ1n) is 10.9. The number of hydrogen-bond donors (Lipinski definition) is 1. The predicted octanol–water partition coefficient (Wildman–Crippen LogP) is 3.12. The third-order valence-electron chi connectivity index (χ3n) is 5.76. The van der Waals surface area contributed by atoms with Crippen molar-refractivity contribution in [3.05, 3.63) is 71.3 Å². The molecule has 7 heteroatoms. The second kappa shape index (κ2) is 10.5. The maximum Gasteiger partial charge on any atom is 0.324 e. The van der Waals surface area contributed by atoms with Crippen molar-refractivity contribution in [1.29, 1.82) is 0 Å². The average molecular weight is 437 g/mol. The van der Waals surface area contributed by atoms with Crippen molar-refractivity contribution in [2.45, 2.75) is 13.0 Å². The molecule has 2 heterocycles. The number of hydrogen-bond acceptors (Lipinski definition) is 5. The molecular formula is C25H28N2O5. The highest BCUT2D eigenvalue weighted by atomic mass is 16.5. The number of aliphatic hydroxyl groups excluding tert-OH is 1. The Morgan fingerprint density at radius 3 is 2.47 bits per heavy atom. The monoisotopic (exact) mass is 436 g/mol. The maximum atomic E-state index is 13.5. The normalized spacial score (nSPS) is 16.4. The zero-order valence-electron chi connectivity index (χ0n) is 18.0. The second-order valence-electron chi connectivity index (χ2n) is 7.85. The van der Waals surface area contributed by atoms with Crippen molar-refractivity contribution < 1.29 is 24.2 Å². The van der Waals surface area contributed by atoms with Gasteiger partial charge in [-0.05, 0) is 35.3 Å². The number of amides is 2. The van der Waals surface area contributed by atoms with E-state index in [0.29, 0.717) is 51.6 Å². The van der Waals surface area contributed by atoms with E-state index in [1.54, 1.807) is 17.0 Å². The van der Waals surface area contributed by atoms with Gasteiger partial charge >= 0.3 is 6.03 Å². The van der Waals surface area contributed by atoms with E-state index in [9.17, 15) is 9.59 Å². The van der Waals surface area contributed by atoms with E-state index in [2.05, 4.69) is 18.2 Å². The lowest BCUT2D eigenvalue weighted by atomic mass is 10.0. The summed E-state index contributed by atoms with van der Waals surface area (Å²) in [6.07, 6.45) is 2.94. The van der Waals surface area contributed by atoms with Crippen molar-refractivity contribution in [1.82, 2.24) is 4.90 Å². The van der Waals surface area contributed by atoms with Crippen LogP contribution in [0.3, 0.4) is 0 Å². The summed E-state index contributed by atoms with van der Waals surface area (Å²) in [6, 6.07) is 15.0. The van der Waals surface area contributed by atoms with Gasteiger partial charge in [-0.15, -0.1) is 0 Å². The number of aliphatic hydroxyl groups is 1. The first-order valence-corrected chi connectivity index (χ1v) is 10.9. The van der Waals surface area contributed by atoms with Crippen LogP contribution >= 0.6 is 0 Å². The molecule has 0 unspecified atom stereocenters. The van der Waals surface area contributed by atoms with E-state index >= 15 is 0 Å². The van der Waals surface area contributed by atoms with Gasteiger partial charge in [0.25, 0.3) is 0 Å². The number of rotatable bonds is 6. The summed E-state index contributed by atoms with van der Waals surface area (Å²) in [5, 5.41) is 9.07. The topological polar surface area (TPSA) is 79.3 Å². The molecule has 0 radical (unpaired) electrons. The first kappa shape index (κ1) is 22.2. The summed E-state index contributed by atoms with van der Waals surface area (Å²) in [4.78, 5) is 28.8. The number of benzene rings is 2. The lowest BCUT2D eigenvalue weighted by molar-refractivity contribution is 0.0548. The molecule has 0 atom stereocenters. The fourth-order valence-corrected chi connectivity index (χ4v) is 3.93. The largest absolute Gasteiger partial charge is 0.388 e. The Morgan fingerprint density at radius 2 is 1.78 bits per heavy atom. The number of Topliss-reactive ketones (excluding diaryl/α,β-unsaturated/α-hetero) is 1. The second-order valence-corrected chi connectivity index (χ2v) is 7.85. The Labute approximate surface area is 187 Å². The van der Waals surface area contributed by atoms with Crippen LogP contribution in [0.15, 0.2) is 54.6 Å². The van der Waals surface area contributed by atoms with E-state index in [1.165, 1.54) is 5.57 Å². The minimum Gasteiger partial charge on any atom is -0.388 e. The molecule has 1 N–H and O–H groups in total. The van der Waals surface area contributed by atoms with Gasteiger partial charge in [-0.25, -0.2) is 4.79 Å². The van der Waals surface area contributed by atoms with Crippen LogP contribution in [0.1, 0.15) is 27.9 Å². The molecule has 168 valence electrons. The molecule has 2 amide bonds. The SMILES string of the molecule is O=C(CO)c1ccc(CN(C(=O)N2CCOCC2)c2cccc(C3=CCOCC3)c2)cc1. The van der Waals surface area contributed by atoms with Crippen molar-refractivity contribution in [2.75, 3.05) is 51.0 Å². The summed E-state index contributed by atoms with van der Waals surface area (Å²) < 4.78 is 10.8. The van der Waals surface area contributed by atoms with Crippen molar-refractivity contribution >= 4 is 23.1 Å². The lowest BCUT2D eigenvalue weighted by Gasteiger charge is -2.33. The Kier molecular flexibility index (Phi) is 7.32. The van der Waals surface area contributed by atoms with Crippen LogP contribution < -0.4 is 4.90 Å². The molecule has 0 spiro atoms. The summed E-state index contributed by atoms with van der Waals surface area (Å²) in [5.74, 6) is -0.324. The van der Waals surface area contributed by atoms with Crippen molar-refractivity contribution in [3.63, 3.8) is 0 Å². The molecule has 0 bridgehead atoms. The minimum absolute atomic E-state index is 0.0677. The Morgan fingerprint density at radius 1 is 1.00 bits per heavy atom. The summed E-state index contributed by atoms with van der Waals surface area (Å²) in [5.41, 5.74) is 4.49. The van der Waals surface area contributed by atoms with E-state index in [0.717, 1.165) is 23.2 Å². The fourth-order valence-electron chi connectivity index (χ4n) is 3.93. The molecule has 7 nitrogen and oxygen atoms in total. The number of carbonyl (C=O) groups excluding carboxylic acids is 2. The highest BCUT2D eigenvalue weighted by Gasteiger charge is 2.25. The molecule has 0 saturated carbocycles. The number of ether oxygens (including phenoxy) is 2. The highest BCUT2D eigenvalue weighted by molar-refractivity contribution is 5.97. The van der Waals surface area contributed by atoms with Crippen molar-refractivity contribution in [3.8, 4) is 0 Å². The molecule has 1 saturated heterocycles. The molecule has 2 aliphatic rings. The fraction of sp³-hybridized carbons (Fsp3) is 0.360. The molecule has 2 aliphatic heterocycles. The van der Waals surface area contributed by atoms with Gasteiger partial charge in [-0.2, -0.15) is 0 Å². The molecule has 32 heavy (non-hydrogen) atoms. The summed E-state index contributed by atoms with van der Waals surface area (Å²) >= 11 is 0. The standard InChI is InChI=1S/C25H28N2O5/c28-18-24(29)21-6-4-19(5-7-21)17-27(25(30)26-10-14-32-15-11-26)23-3-1-2-22(16-23)20-8-12-31-13-9-20/h1-8,16,28H,9-15,17-18H2. The summed E-state index contributed by atoms with van der Waals surface area (Å²) in [7, 11) is 0. The van der Waals surface area contributed by atoms with Crippen LogP contribution in [-0.2, 0) is 16.0 Å². The molecule has 4 rings (SSSR count). The zero-order chi connectivity index (χ0) is 22.3. The van der Waals surface area contributed by atoms with E-state index in [4.69, 9.17) is 14.6 Å². The van der Waals surface area contributed by atoms with Crippen molar-refractivity contribution in [2.24, 2.45) is 0 Å². The average Bonchev–Trinajstić information content (AvgIpc) is 2.88. The van der Waals surface area contributed by atoms with Crippen LogP contribution in [0.2, 0.25) is 0 Å². The number of morpholine rings is 1. The quantitative estimate of drug-likeness (QED) is 0.704. The van der Waals surface area contributed by atoms with Crippen LogP contribution in [0.5, 0.6) is 0 Å². The number of anilines is 1. The van der Waals surface area contributed by atoms with Crippen LogP contribution in [0.4, 0.5) is 10.5 Å². The maximum absolute atomic E-state index is 13.5. The molecule has 0 aliphatic carbocycles. The first-order chi connectivity index (χ1) is 15.7. The number of nitrogens with zero attached hydrogens (tertiary/aromatic N) is 2. The van der Waals surface area contributed by atoms with E-state index in [1.807, 2.05) is 29.2 Å². The van der Waals surface area contributed by atoms with Gasteiger partial charge in [0.15, 0.2) is 5.78 Å². The third kappa shape index (κ3) is 5.24. The van der Waals surface area contributed by atoms with Gasteiger partial charge in [0.2, 0.25) is 0 Å². The van der Waals surface area contributed by atoms with Crippen LogP contribution in [0, 0.1) is 0 Å². The Balaban J connectivity index is 1.62. The Bertz CT molecular complexity index is 980. The number of urea groups is 1. The Hall–Kier alpha value is -3.00. The molecule has 2 aromatic carbocycles. The molecular weight excluding hydrogens is 408 g/mol. The third-order valence-corrected chi connectivity index (χ3v) is 5.76. The zero-order valence-corrected chi connectivity index (χ0v) is 18.0. The van der Waals surface area contributed by atoms with Gasteiger partial charge in [0.1, 0.15) is 6.61 Å². The molecule has 0 aromatic heterocycles. The van der Waals surface area contributed by atoms with Gasteiger partial charge < -0.3 is 19.5 Å². The van der Waals surface area contributed by atoms with Gasteiger partial charge in [0, 0.05) is 24.3 Å². The molecule has 2 aromatic rings. The van der Waals surface area contributed by atoms with Gasteiger partial charge in [0.05, 0.1) is 33.0 Å². The van der Waals surface area contributed by atoms with Crippen LogP contribution in [-0.4, -0.2) is 67.9 Å². The number of carbonyl (C=O) groups is 2. The predicted molar refractivity (Wildman–Crippen MR) is 122 cm³/mol. The smallest absolute Gasteiger partial charge is 0.324 e. The van der Waals surface area contributed by atoms with Crippen LogP contribution in [0.25, 0.3) is 5.57 Å².